The fourth-order valence-electron chi connectivity index (χ4n) is 2.68. The summed E-state index contributed by atoms with van der Waals surface area (Å²) in [5, 5.41) is 3.15. The Morgan fingerprint density at radius 3 is 2.50 bits per heavy atom. The highest BCUT2D eigenvalue weighted by Gasteiger charge is 2.32. The Morgan fingerprint density at radius 1 is 1.30 bits per heavy atom. The van der Waals surface area contributed by atoms with E-state index in [2.05, 4.69) is 55.9 Å². The van der Waals surface area contributed by atoms with Crippen LogP contribution in [0.15, 0.2) is 6.07 Å². The second kappa shape index (κ2) is 5.58. The van der Waals surface area contributed by atoms with E-state index in [1.54, 1.807) is 0 Å². The van der Waals surface area contributed by atoms with Gasteiger partial charge in [0.05, 0.1) is 0 Å². The lowest BCUT2D eigenvalue weighted by atomic mass is 9.80. The highest BCUT2D eigenvalue weighted by Crippen LogP contribution is 2.35. The first-order chi connectivity index (χ1) is 9.31. The van der Waals surface area contributed by atoms with E-state index in [9.17, 15) is 0 Å². The summed E-state index contributed by atoms with van der Waals surface area (Å²) in [7, 11) is 1.91. The number of anilines is 2. The zero-order valence-electron chi connectivity index (χ0n) is 13.7. The van der Waals surface area contributed by atoms with E-state index in [4.69, 9.17) is 4.98 Å². The minimum absolute atomic E-state index is 0.350. The Bertz CT molecular complexity index is 462. The van der Waals surface area contributed by atoms with Gasteiger partial charge in [-0.1, -0.05) is 34.6 Å². The Kier molecular flexibility index (Phi) is 4.21. The van der Waals surface area contributed by atoms with Crippen molar-refractivity contribution in [2.45, 2.75) is 47.0 Å². The minimum Gasteiger partial charge on any atom is -0.373 e. The normalized spacial score (nSPS) is 19.8. The van der Waals surface area contributed by atoms with Gasteiger partial charge in [-0.05, 0) is 17.8 Å². The van der Waals surface area contributed by atoms with Crippen molar-refractivity contribution in [2.75, 3.05) is 30.4 Å². The third kappa shape index (κ3) is 3.22. The molecule has 1 aliphatic rings. The lowest BCUT2D eigenvalue weighted by molar-refractivity contribution is 0.263. The van der Waals surface area contributed by atoms with Crippen LogP contribution in [0.2, 0.25) is 0 Å². The Morgan fingerprint density at radius 2 is 2.00 bits per heavy atom. The summed E-state index contributed by atoms with van der Waals surface area (Å²) in [5.41, 5.74) is 0.370. The molecule has 1 aromatic rings. The molecule has 1 unspecified atom stereocenters. The summed E-state index contributed by atoms with van der Waals surface area (Å²) < 4.78 is 0. The minimum atomic E-state index is 0.350. The summed E-state index contributed by atoms with van der Waals surface area (Å²) in [4.78, 5) is 11.7. The van der Waals surface area contributed by atoms with Crippen LogP contribution in [0.5, 0.6) is 0 Å². The third-order valence-electron chi connectivity index (χ3n) is 4.24. The van der Waals surface area contributed by atoms with Crippen molar-refractivity contribution in [3.8, 4) is 0 Å². The lowest BCUT2D eigenvalue weighted by Crippen LogP contribution is -2.26. The fourth-order valence-corrected chi connectivity index (χ4v) is 2.68. The number of nitrogens with zero attached hydrogens (tertiary/aromatic N) is 3. The molecular weight excluding hydrogens is 248 g/mol. The van der Waals surface area contributed by atoms with E-state index >= 15 is 0 Å². The molecule has 1 aromatic heterocycles. The maximum Gasteiger partial charge on any atom is 0.135 e. The molecule has 1 fully saturated rings. The van der Waals surface area contributed by atoms with Crippen molar-refractivity contribution < 1.29 is 0 Å². The molecular formula is C16H28N4. The summed E-state index contributed by atoms with van der Waals surface area (Å²) in [6, 6.07) is 2.07. The van der Waals surface area contributed by atoms with E-state index in [0.29, 0.717) is 11.3 Å². The smallest absolute Gasteiger partial charge is 0.135 e. The first-order valence-electron chi connectivity index (χ1n) is 7.63. The number of aromatic nitrogens is 2. The van der Waals surface area contributed by atoms with Crippen LogP contribution in [0.4, 0.5) is 11.6 Å². The zero-order valence-corrected chi connectivity index (χ0v) is 13.7. The van der Waals surface area contributed by atoms with Gasteiger partial charge in [-0.2, -0.15) is 0 Å². The molecule has 0 radical (unpaired) electrons. The molecule has 0 spiro atoms. The van der Waals surface area contributed by atoms with Gasteiger partial charge in [0.25, 0.3) is 0 Å². The van der Waals surface area contributed by atoms with Crippen LogP contribution in [0.25, 0.3) is 0 Å². The van der Waals surface area contributed by atoms with Gasteiger partial charge in [0.2, 0.25) is 0 Å². The van der Waals surface area contributed by atoms with E-state index < -0.39 is 0 Å². The Hall–Kier alpha value is -1.32. The zero-order chi connectivity index (χ0) is 14.9. The molecule has 112 valence electrons. The van der Waals surface area contributed by atoms with Crippen molar-refractivity contribution in [2.24, 2.45) is 11.3 Å². The molecule has 0 aliphatic carbocycles. The predicted molar refractivity (Wildman–Crippen MR) is 85.4 cm³/mol. The van der Waals surface area contributed by atoms with Crippen LogP contribution >= 0.6 is 0 Å². The maximum absolute atomic E-state index is 4.75. The average molecular weight is 276 g/mol. The first-order valence-corrected chi connectivity index (χ1v) is 7.63. The monoisotopic (exact) mass is 276 g/mol. The standard InChI is InChI=1S/C16H28N4/c1-11(2)15-18-13(17-6)9-14(19-15)20-8-7-12(10-20)16(3,4)5/h9,11-12H,7-8,10H2,1-6H3,(H,17,18,19). The highest BCUT2D eigenvalue weighted by atomic mass is 15.2. The maximum atomic E-state index is 4.75. The molecule has 4 heteroatoms. The molecule has 2 heterocycles. The lowest BCUT2D eigenvalue weighted by Gasteiger charge is -2.27. The summed E-state index contributed by atoms with van der Waals surface area (Å²) in [6.07, 6.45) is 1.25. The molecule has 4 nitrogen and oxygen atoms in total. The highest BCUT2D eigenvalue weighted by molar-refractivity contribution is 5.50. The number of hydrogen-bond donors (Lipinski definition) is 1. The number of nitrogens with one attached hydrogen (secondary N) is 1. The molecule has 0 saturated carbocycles. The largest absolute Gasteiger partial charge is 0.373 e. The summed E-state index contributed by atoms with van der Waals surface area (Å²) >= 11 is 0. The summed E-state index contributed by atoms with van der Waals surface area (Å²) in [5.74, 6) is 3.99. The SMILES string of the molecule is CNc1cc(N2CCC(C(C)(C)C)C2)nc(C(C)C)n1. The van der Waals surface area contributed by atoms with Gasteiger partial charge in [-0.15, -0.1) is 0 Å². The fraction of sp³-hybridized carbons (Fsp3) is 0.750. The van der Waals surface area contributed by atoms with Crippen LogP contribution in [0, 0.1) is 11.3 Å². The average Bonchev–Trinajstić information content (AvgIpc) is 2.87. The summed E-state index contributed by atoms with van der Waals surface area (Å²) in [6.45, 7) is 13.5. The van der Waals surface area contributed by atoms with Gasteiger partial charge >= 0.3 is 0 Å². The van der Waals surface area contributed by atoms with Gasteiger partial charge in [-0.3, -0.25) is 0 Å². The number of rotatable bonds is 3. The van der Waals surface area contributed by atoms with Gasteiger partial charge in [0.1, 0.15) is 17.5 Å². The van der Waals surface area contributed by atoms with Crippen LogP contribution in [0.3, 0.4) is 0 Å². The van der Waals surface area contributed by atoms with Crippen molar-refractivity contribution >= 4 is 11.6 Å². The van der Waals surface area contributed by atoms with Gasteiger partial charge < -0.3 is 10.2 Å². The van der Waals surface area contributed by atoms with Gasteiger partial charge in [0, 0.05) is 32.1 Å². The third-order valence-corrected chi connectivity index (χ3v) is 4.24. The molecule has 1 N–H and O–H groups in total. The van der Waals surface area contributed by atoms with Gasteiger partial charge in [-0.25, -0.2) is 9.97 Å². The van der Waals surface area contributed by atoms with Crippen molar-refractivity contribution in [1.29, 1.82) is 0 Å². The van der Waals surface area contributed by atoms with Crippen molar-refractivity contribution in [3.63, 3.8) is 0 Å². The second-order valence-electron chi connectivity index (χ2n) is 7.17. The van der Waals surface area contributed by atoms with Crippen LogP contribution in [-0.4, -0.2) is 30.1 Å². The predicted octanol–water partition coefficient (Wildman–Crippen LogP) is 3.51. The van der Waals surface area contributed by atoms with E-state index in [1.165, 1.54) is 6.42 Å². The molecule has 1 aliphatic heterocycles. The number of hydrogen-bond acceptors (Lipinski definition) is 4. The Labute approximate surface area is 123 Å². The van der Waals surface area contributed by atoms with E-state index in [-0.39, 0.29) is 0 Å². The van der Waals surface area contributed by atoms with Crippen molar-refractivity contribution in [3.05, 3.63) is 11.9 Å². The topological polar surface area (TPSA) is 41.0 Å². The molecule has 1 atom stereocenters. The van der Waals surface area contributed by atoms with E-state index in [0.717, 1.165) is 36.5 Å². The quantitative estimate of drug-likeness (QED) is 0.917. The van der Waals surface area contributed by atoms with Crippen LogP contribution in [-0.2, 0) is 0 Å². The van der Waals surface area contributed by atoms with Crippen LogP contribution in [0.1, 0.15) is 52.8 Å². The first kappa shape index (κ1) is 15.1. The molecule has 0 bridgehead atoms. The molecule has 20 heavy (non-hydrogen) atoms. The van der Waals surface area contributed by atoms with E-state index in [1.807, 2.05) is 7.05 Å². The second-order valence-corrected chi connectivity index (χ2v) is 7.17. The Balaban J connectivity index is 2.23. The molecule has 1 saturated heterocycles. The van der Waals surface area contributed by atoms with Gasteiger partial charge in [0.15, 0.2) is 0 Å². The van der Waals surface area contributed by atoms with Crippen LogP contribution < -0.4 is 10.2 Å². The molecule has 0 amide bonds. The molecule has 2 rings (SSSR count). The molecule has 0 aromatic carbocycles. The van der Waals surface area contributed by atoms with Crippen molar-refractivity contribution in [1.82, 2.24) is 9.97 Å².